The minimum Gasteiger partial charge on any atom is -0.298 e. The fraction of sp³-hybridized carbons (Fsp3) is 0.231. The summed E-state index contributed by atoms with van der Waals surface area (Å²) in [6.07, 6.45) is 6.06. The van der Waals surface area contributed by atoms with Crippen molar-refractivity contribution in [2.45, 2.75) is 19.3 Å². The second kappa shape index (κ2) is 3.16. The first-order chi connectivity index (χ1) is 7.36. The molecular weight excluding hydrogens is 186 g/mol. The van der Waals surface area contributed by atoms with E-state index in [4.69, 9.17) is 0 Å². The van der Waals surface area contributed by atoms with Crippen molar-refractivity contribution in [1.82, 2.24) is 4.98 Å². The maximum absolute atomic E-state index is 10.6. The van der Waals surface area contributed by atoms with Crippen LogP contribution in [0, 0.1) is 0 Å². The molecular formula is C13H11NO. The van der Waals surface area contributed by atoms with Crippen LogP contribution in [0.25, 0.3) is 10.9 Å². The van der Waals surface area contributed by atoms with Gasteiger partial charge in [-0.05, 0) is 48.6 Å². The zero-order chi connectivity index (χ0) is 10.3. The average molecular weight is 197 g/mol. The van der Waals surface area contributed by atoms with Crippen LogP contribution < -0.4 is 0 Å². The number of aryl methyl sites for hydroxylation is 2. The maximum atomic E-state index is 10.6. The van der Waals surface area contributed by atoms with Crippen LogP contribution in [0.4, 0.5) is 0 Å². The summed E-state index contributed by atoms with van der Waals surface area (Å²) in [5.41, 5.74) is 4.50. The molecule has 0 fully saturated rings. The van der Waals surface area contributed by atoms with Crippen molar-refractivity contribution in [1.29, 1.82) is 0 Å². The van der Waals surface area contributed by atoms with Gasteiger partial charge in [-0.3, -0.25) is 9.78 Å². The van der Waals surface area contributed by atoms with Gasteiger partial charge in [0.2, 0.25) is 0 Å². The van der Waals surface area contributed by atoms with Crippen LogP contribution in [0.2, 0.25) is 0 Å². The number of pyridine rings is 1. The number of rotatable bonds is 1. The van der Waals surface area contributed by atoms with Gasteiger partial charge >= 0.3 is 0 Å². The Morgan fingerprint density at radius 1 is 1.13 bits per heavy atom. The topological polar surface area (TPSA) is 30.0 Å². The summed E-state index contributed by atoms with van der Waals surface area (Å²) in [5, 5.41) is 1.08. The number of nitrogens with zero attached hydrogens (tertiary/aromatic N) is 1. The largest absolute Gasteiger partial charge is 0.298 e. The van der Waals surface area contributed by atoms with Gasteiger partial charge in [0.1, 0.15) is 0 Å². The minimum atomic E-state index is 0.653. The van der Waals surface area contributed by atoms with Crippen molar-refractivity contribution in [3.8, 4) is 0 Å². The number of carbonyl (C=O) groups is 1. The van der Waals surface area contributed by atoms with Crippen molar-refractivity contribution in [3.63, 3.8) is 0 Å². The van der Waals surface area contributed by atoms with E-state index in [-0.39, 0.29) is 0 Å². The lowest BCUT2D eigenvalue weighted by Gasteiger charge is -2.02. The molecule has 0 saturated carbocycles. The molecule has 1 aromatic heterocycles. The molecule has 0 bridgehead atoms. The summed E-state index contributed by atoms with van der Waals surface area (Å²) in [6, 6.07) is 6.25. The molecule has 0 N–H and O–H groups in total. The summed E-state index contributed by atoms with van der Waals surface area (Å²) in [5.74, 6) is 0. The van der Waals surface area contributed by atoms with Gasteiger partial charge in [-0.15, -0.1) is 0 Å². The Bertz CT molecular complexity index is 545. The molecule has 0 saturated heterocycles. The van der Waals surface area contributed by atoms with E-state index >= 15 is 0 Å². The van der Waals surface area contributed by atoms with Gasteiger partial charge in [-0.1, -0.05) is 0 Å². The number of hydrogen-bond acceptors (Lipinski definition) is 2. The Morgan fingerprint density at radius 2 is 1.93 bits per heavy atom. The standard InChI is InChI=1S/C13H11NO/c15-8-9-4-12-5-10-2-1-3-11(10)6-13(12)14-7-9/h4-8H,1-3H2. The fourth-order valence-electron chi connectivity index (χ4n) is 2.28. The number of fused-ring (bicyclic) bond motifs is 2. The molecule has 1 heterocycles. The van der Waals surface area contributed by atoms with E-state index in [2.05, 4.69) is 17.1 Å². The second-order valence-electron chi connectivity index (χ2n) is 4.05. The number of carbonyl (C=O) groups excluding carboxylic acids is 1. The van der Waals surface area contributed by atoms with Crippen molar-refractivity contribution in [2.24, 2.45) is 0 Å². The molecule has 0 radical (unpaired) electrons. The Hall–Kier alpha value is -1.70. The molecule has 0 aliphatic heterocycles. The quantitative estimate of drug-likeness (QED) is 0.657. The Kier molecular flexibility index (Phi) is 1.81. The molecule has 0 spiro atoms. The highest BCUT2D eigenvalue weighted by Crippen LogP contribution is 2.26. The van der Waals surface area contributed by atoms with Crippen molar-refractivity contribution >= 4 is 17.2 Å². The normalized spacial score (nSPS) is 14.1. The summed E-state index contributed by atoms with van der Waals surface area (Å²) < 4.78 is 0. The Labute approximate surface area is 87.9 Å². The monoisotopic (exact) mass is 197 g/mol. The predicted octanol–water partition coefficient (Wildman–Crippen LogP) is 2.54. The first kappa shape index (κ1) is 8.60. The van der Waals surface area contributed by atoms with E-state index in [1.54, 1.807) is 6.20 Å². The SMILES string of the molecule is O=Cc1cnc2cc3c(cc2c1)CCC3. The van der Waals surface area contributed by atoms with Gasteiger partial charge in [0.25, 0.3) is 0 Å². The van der Waals surface area contributed by atoms with E-state index < -0.39 is 0 Å². The Morgan fingerprint density at radius 3 is 2.73 bits per heavy atom. The molecule has 2 heteroatoms. The summed E-state index contributed by atoms with van der Waals surface area (Å²) >= 11 is 0. The molecule has 3 rings (SSSR count). The minimum absolute atomic E-state index is 0.653. The smallest absolute Gasteiger partial charge is 0.151 e. The number of hydrogen-bond donors (Lipinski definition) is 0. The molecule has 0 unspecified atom stereocenters. The lowest BCUT2D eigenvalue weighted by molar-refractivity contribution is 0.112. The summed E-state index contributed by atoms with van der Waals surface area (Å²) in [4.78, 5) is 14.9. The molecule has 1 aliphatic carbocycles. The number of aldehydes is 1. The highest BCUT2D eigenvalue weighted by Gasteiger charge is 2.11. The van der Waals surface area contributed by atoms with Gasteiger partial charge in [0.15, 0.2) is 6.29 Å². The van der Waals surface area contributed by atoms with Crippen LogP contribution in [0.1, 0.15) is 27.9 Å². The van der Waals surface area contributed by atoms with Crippen LogP contribution in [0.5, 0.6) is 0 Å². The Balaban J connectivity index is 2.28. The zero-order valence-electron chi connectivity index (χ0n) is 8.36. The highest BCUT2D eigenvalue weighted by atomic mass is 16.1. The first-order valence-electron chi connectivity index (χ1n) is 5.23. The van der Waals surface area contributed by atoms with Crippen molar-refractivity contribution in [3.05, 3.63) is 41.1 Å². The van der Waals surface area contributed by atoms with Crippen LogP contribution >= 0.6 is 0 Å². The molecule has 15 heavy (non-hydrogen) atoms. The van der Waals surface area contributed by atoms with Crippen LogP contribution in [0.3, 0.4) is 0 Å². The summed E-state index contributed by atoms with van der Waals surface area (Å²) in [6.45, 7) is 0. The highest BCUT2D eigenvalue weighted by molar-refractivity contribution is 5.86. The average Bonchev–Trinajstić information content (AvgIpc) is 2.72. The second-order valence-corrected chi connectivity index (χ2v) is 4.05. The molecule has 1 aliphatic rings. The first-order valence-corrected chi connectivity index (χ1v) is 5.23. The molecule has 2 aromatic rings. The summed E-state index contributed by atoms with van der Waals surface area (Å²) in [7, 11) is 0. The third kappa shape index (κ3) is 1.33. The molecule has 74 valence electrons. The molecule has 1 aromatic carbocycles. The lowest BCUT2D eigenvalue weighted by atomic mass is 10.1. The lowest BCUT2D eigenvalue weighted by Crippen LogP contribution is -1.88. The third-order valence-electron chi connectivity index (χ3n) is 3.05. The van der Waals surface area contributed by atoms with E-state index in [1.807, 2.05) is 6.07 Å². The van der Waals surface area contributed by atoms with Gasteiger partial charge < -0.3 is 0 Å². The predicted molar refractivity (Wildman–Crippen MR) is 59.2 cm³/mol. The third-order valence-corrected chi connectivity index (χ3v) is 3.05. The van der Waals surface area contributed by atoms with E-state index in [9.17, 15) is 4.79 Å². The number of benzene rings is 1. The van der Waals surface area contributed by atoms with Crippen LogP contribution in [-0.2, 0) is 12.8 Å². The fourth-order valence-corrected chi connectivity index (χ4v) is 2.28. The maximum Gasteiger partial charge on any atom is 0.151 e. The van der Waals surface area contributed by atoms with Crippen LogP contribution in [-0.4, -0.2) is 11.3 Å². The number of aromatic nitrogens is 1. The van der Waals surface area contributed by atoms with Gasteiger partial charge in [-0.2, -0.15) is 0 Å². The molecule has 0 atom stereocenters. The molecule has 0 amide bonds. The molecule has 2 nitrogen and oxygen atoms in total. The van der Waals surface area contributed by atoms with E-state index in [1.165, 1.54) is 24.0 Å². The zero-order valence-corrected chi connectivity index (χ0v) is 8.36. The van der Waals surface area contributed by atoms with Gasteiger partial charge in [-0.25, -0.2) is 0 Å². The van der Waals surface area contributed by atoms with E-state index in [0.717, 1.165) is 23.6 Å². The van der Waals surface area contributed by atoms with Gasteiger partial charge in [0.05, 0.1) is 5.52 Å². The van der Waals surface area contributed by atoms with Crippen molar-refractivity contribution in [2.75, 3.05) is 0 Å². The van der Waals surface area contributed by atoms with Crippen molar-refractivity contribution < 1.29 is 4.79 Å². The van der Waals surface area contributed by atoms with Crippen LogP contribution in [0.15, 0.2) is 24.4 Å². The van der Waals surface area contributed by atoms with Gasteiger partial charge in [0, 0.05) is 17.1 Å². The van der Waals surface area contributed by atoms with E-state index in [0.29, 0.717) is 5.56 Å².